The van der Waals surface area contributed by atoms with Crippen molar-refractivity contribution in [2.75, 3.05) is 25.5 Å². The summed E-state index contributed by atoms with van der Waals surface area (Å²) in [5.41, 5.74) is 2.59. The van der Waals surface area contributed by atoms with Crippen LogP contribution in [0.5, 0.6) is 0 Å². The van der Waals surface area contributed by atoms with Crippen molar-refractivity contribution >= 4 is 5.69 Å². The molecule has 0 aromatic heterocycles. The van der Waals surface area contributed by atoms with Crippen LogP contribution in [0.2, 0.25) is 0 Å². The van der Waals surface area contributed by atoms with Gasteiger partial charge in [-0.3, -0.25) is 0 Å². The van der Waals surface area contributed by atoms with E-state index >= 15 is 0 Å². The van der Waals surface area contributed by atoms with Crippen LogP contribution in [0.4, 0.5) is 5.69 Å². The Labute approximate surface area is 92.6 Å². The van der Waals surface area contributed by atoms with Gasteiger partial charge in [0.1, 0.15) is 0 Å². The van der Waals surface area contributed by atoms with Crippen molar-refractivity contribution in [1.82, 2.24) is 5.32 Å². The molecule has 15 heavy (non-hydrogen) atoms. The van der Waals surface area contributed by atoms with Gasteiger partial charge >= 0.3 is 0 Å². The van der Waals surface area contributed by atoms with Gasteiger partial charge in [0.25, 0.3) is 0 Å². The van der Waals surface area contributed by atoms with E-state index in [-0.39, 0.29) is 0 Å². The fourth-order valence-electron chi connectivity index (χ4n) is 1.63. The lowest BCUT2D eigenvalue weighted by Crippen LogP contribution is -2.21. The second-order valence-electron chi connectivity index (χ2n) is 3.87. The van der Waals surface area contributed by atoms with Crippen molar-refractivity contribution in [2.24, 2.45) is 0 Å². The molecule has 2 heteroatoms. The third-order valence-electron chi connectivity index (χ3n) is 2.45. The smallest absolute Gasteiger partial charge is 0.0409 e. The van der Waals surface area contributed by atoms with Gasteiger partial charge in [0, 0.05) is 32.4 Å². The molecule has 1 N–H and O–H groups in total. The molecular formula is C13H20N2. The lowest BCUT2D eigenvalue weighted by molar-refractivity contribution is 0.617. The van der Waals surface area contributed by atoms with Crippen LogP contribution in [0.25, 0.3) is 0 Å². The van der Waals surface area contributed by atoms with Gasteiger partial charge in [0.15, 0.2) is 0 Å². The molecule has 0 spiro atoms. The molecule has 0 heterocycles. The molecule has 2 nitrogen and oxygen atoms in total. The van der Waals surface area contributed by atoms with Crippen molar-refractivity contribution in [2.45, 2.75) is 13.0 Å². The van der Waals surface area contributed by atoms with E-state index in [4.69, 9.17) is 0 Å². The summed E-state index contributed by atoms with van der Waals surface area (Å²) in [5.74, 6) is 0. The predicted octanol–water partition coefficient (Wildman–Crippen LogP) is 2.59. The third-order valence-corrected chi connectivity index (χ3v) is 2.45. The highest BCUT2D eigenvalue weighted by Crippen LogP contribution is 2.24. The van der Waals surface area contributed by atoms with E-state index in [0.29, 0.717) is 6.04 Å². The lowest BCUT2D eigenvalue weighted by Gasteiger charge is -2.22. The number of rotatable bonds is 5. The first-order chi connectivity index (χ1) is 7.16. The van der Waals surface area contributed by atoms with Gasteiger partial charge in [0.05, 0.1) is 0 Å². The Morgan fingerprint density at radius 2 is 2.07 bits per heavy atom. The minimum absolute atomic E-state index is 0.349. The molecule has 0 saturated carbocycles. The van der Waals surface area contributed by atoms with E-state index in [9.17, 15) is 0 Å². The Bertz CT molecular complexity index is 318. The van der Waals surface area contributed by atoms with Crippen molar-refractivity contribution < 1.29 is 0 Å². The highest BCUT2D eigenvalue weighted by molar-refractivity contribution is 5.53. The minimum atomic E-state index is 0.349. The maximum Gasteiger partial charge on any atom is 0.0409 e. The Morgan fingerprint density at radius 3 is 2.67 bits per heavy atom. The molecule has 1 aromatic rings. The molecule has 0 saturated heterocycles. The average molecular weight is 204 g/mol. The van der Waals surface area contributed by atoms with Gasteiger partial charge in [-0.1, -0.05) is 24.3 Å². The Kier molecular flexibility index (Phi) is 4.37. The summed E-state index contributed by atoms with van der Waals surface area (Å²) in [5, 5.41) is 3.40. The maximum atomic E-state index is 3.71. The van der Waals surface area contributed by atoms with Crippen molar-refractivity contribution in [3.05, 3.63) is 42.5 Å². The first-order valence-electron chi connectivity index (χ1n) is 5.27. The third kappa shape index (κ3) is 3.10. The summed E-state index contributed by atoms with van der Waals surface area (Å²) < 4.78 is 0. The van der Waals surface area contributed by atoms with E-state index in [0.717, 1.165) is 6.54 Å². The average Bonchev–Trinajstić information content (AvgIpc) is 2.25. The zero-order chi connectivity index (χ0) is 11.3. The number of hydrogen-bond donors (Lipinski definition) is 1. The second kappa shape index (κ2) is 5.56. The van der Waals surface area contributed by atoms with Gasteiger partial charge in [-0.15, -0.1) is 6.58 Å². The first-order valence-corrected chi connectivity index (χ1v) is 5.27. The summed E-state index contributed by atoms with van der Waals surface area (Å²) in [6.45, 7) is 6.72. The summed E-state index contributed by atoms with van der Waals surface area (Å²) in [6.07, 6.45) is 1.88. The van der Waals surface area contributed by atoms with Crippen LogP contribution in [-0.2, 0) is 0 Å². The predicted molar refractivity (Wildman–Crippen MR) is 67.4 cm³/mol. The number of benzene rings is 1. The van der Waals surface area contributed by atoms with Crippen LogP contribution in [0.1, 0.15) is 18.5 Å². The van der Waals surface area contributed by atoms with Crippen LogP contribution >= 0.6 is 0 Å². The molecule has 1 rings (SSSR count). The van der Waals surface area contributed by atoms with Gasteiger partial charge in [-0.05, 0) is 18.6 Å². The molecule has 0 amide bonds. The van der Waals surface area contributed by atoms with Crippen LogP contribution in [0, 0.1) is 0 Å². The zero-order valence-electron chi connectivity index (χ0n) is 9.83. The van der Waals surface area contributed by atoms with Crippen LogP contribution < -0.4 is 10.2 Å². The molecule has 1 atom stereocenters. The quantitative estimate of drug-likeness (QED) is 0.742. The first kappa shape index (κ1) is 11.8. The zero-order valence-corrected chi connectivity index (χ0v) is 9.83. The number of anilines is 1. The topological polar surface area (TPSA) is 15.3 Å². The normalized spacial score (nSPS) is 12.2. The molecule has 0 aliphatic carbocycles. The van der Waals surface area contributed by atoms with E-state index in [1.165, 1.54) is 11.3 Å². The largest absolute Gasteiger partial charge is 0.377 e. The molecule has 0 aliphatic heterocycles. The lowest BCUT2D eigenvalue weighted by atomic mass is 10.1. The SMILES string of the molecule is C=CCN[C@@H](C)c1ccccc1N(C)C. The molecule has 1 aromatic carbocycles. The van der Waals surface area contributed by atoms with E-state index < -0.39 is 0 Å². The fraction of sp³-hybridized carbons (Fsp3) is 0.385. The van der Waals surface area contributed by atoms with Crippen molar-refractivity contribution in [3.8, 4) is 0 Å². The van der Waals surface area contributed by atoms with Crippen molar-refractivity contribution in [3.63, 3.8) is 0 Å². The maximum absolute atomic E-state index is 3.71. The van der Waals surface area contributed by atoms with Crippen LogP contribution in [0.15, 0.2) is 36.9 Å². The van der Waals surface area contributed by atoms with Gasteiger partial charge in [-0.2, -0.15) is 0 Å². The molecule has 0 unspecified atom stereocenters. The van der Waals surface area contributed by atoms with E-state index in [1.807, 2.05) is 6.08 Å². The van der Waals surface area contributed by atoms with Gasteiger partial charge < -0.3 is 10.2 Å². The molecule has 0 bridgehead atoms. The summed E-state index contributed by atoms with van der Waals surface area (Å²) in [4.78, 5) is 2.14. The number of nitrogens with one attached hydrogen (secondary N) is 1. The van der Waals surface area contributed by atoms with Crippen LogP contribution in [-0.4, -0.2) is 20.6 Å². The molecule has 0 aliphatic rings. The van der Waals surface area contributed by atoms with Crippen LogP contribution in [0.3, 0.4) is 0 Å². The van der Waals surface area contributed by atoms with E-state index in [2.05, 4.69) is 62.1 Å². The highest BCUT2D eigenvalue weighted by Gasteiger charge is 2.09. The summed E-state index contributed by atoms with van der Waals surface area (Å²) >= 11 is 0. The second-order valence-corrected chi connectivity index (χ2v) is 3.87. The molecule has 0 fully saturated rings. The highest BCUT2D eigenvalue weighted by atomic mass is 15.1. The molecular weight excluding hydrogens is 184 g/mol. The Hall–Kier alpha value is -1.28. The summed E-state index contributed by atoms with van der Waals surface area (Å²) in [7, 11) is 4.14. The van der Waals surface area contributed by atoms with Crippen molar-refractivity contribution in [1.29, 1.82) is 0 Å². The molecule has 0 radical (unpaired) electrons. The number of hydrogen-bond acceptors (Lipinski definition) is 2. The minimum Gasteiger partial charge on any atom is -0.377 e. The van der Waals surface area contributed by atoms with E-state index in [1.54, 1.807) is 0 Å². The standard InChI is InChI=1S/C13H20N2/c1-5-10-14-11(2)12-8-6-7-9-13(12)15(3)4/h5-9,11,14H,1,10H2,2-4H3/t11-/m0/s1. The summed E-state index contributed by atoms with van der Waals surface area (Å²) in [6, 6.07) is 8.80. The Morgan fingerprint density at radius 1 is 1.40 bits per heavy atom. The number of nitrogens with zero attached hydrogens (tertiary/aromatic N) is 1. The number of para-hydroxylation sites is 1. The Balaban J connectivity index is 2.86. The fourth-order valence-corrected chi connectivity index (χ4v) is 1.63. The monoisotopic (exact) mass is 204 g/mol. The van der Waals surface area contributed by atoms with Gasteiger partial charge in [-0.25, -0.2) is 0 Å². The molecule has 82 valence electrons. The van der Waals surface area contributed by atoms with Gasteiger partial charge in [0.2, 0.25) is 0 Å².